The molecular weight excluding hydrogens is 270 g/mol. The minimum atomic E-state index is -1.02. The Labute approximate surface area is 122 Å². The molecule has 0 bridgehead atoms. The van der Waals surface area contributed by atoms with Gasteiger partial charge < -0.3 is 14.0 Å². The molecule has 0 aliphatic carbocycles. The molecule has 21 heavy (non-hydrogen) atoms. The van der Waals surface area contributed by atoms with Crippen LogP contribution < -0.4 is 10.3 Å². The molecule has 0 saturated carbocycles. The van der Waals surface area contributed by atoms with Gasteiger partial charge in [-0.25, -0.2) is 0 Å². The van der Waals surface area contributed by atoms with E-state index in [9.17, 15) is 9.59 Å². The smallest absolute Gasteiger partial charge is 0.305 e. The Bertz CT molecular complexity index is 793. The standard InChI is InChI=1S/C16H17NO4/c1-10(18)20-16(2)9-8-12-14(21-16)11-6-4-5-7-13(11)17(3)15(12)19/h4-7H,8-9H2,1-3H3. The molecule has 1 atom stereocenters. The highest BCUT2D eigenvalue weighted by Crippen LogP contribution is 2.37. The summed E-state index contributed by atoms with van der Waals surface area (Å²) in [5.41, 5.74) is 1.38. The van der Waals surface area contributed by atoms with E-state index in [0.717, 1.165) is 10.9 Å². The molecule has 110 valence electrons. The Morgan fingerprint density at radius 3 is 2.81 bits per heavy atom. The van der Waals surface area contributed by atoms with Crippen molar-refractivity contribution in [2.24, 2.45) is 7.05 Å². The van der Waals surface area contributed by atoms with Crippen LogP contribution in [0.5, 0.6) is 5.75 Å². The molecule has 1 unspecified atom stereocenters. The first-order valence-corrected chi connectivity index (χ1v) is 6.90. The number of fused-ring (bicyclic) bond motifs is 3. The lowest BCUT2D eigenvalue weighted by molar-refractivity contribution is -0.194. The third-order valence-corrected chi connectivity index (χ3v) is 3.85. The van der Waals surface area contributed by atoms with E-state index in [0.29, 0.717) is 24.2 Å². The fourth-order valence-corrected chi connectivity index (χ4v) is 2.86. The molecule has 0 amide bonds. The number of hydrogen-bond acceptors (Lipinski definition) is 4. The number of pyridine rings is 1. The quantitative estimate of drug-likeness (QED) is 0.754. The molecule has 1 aromatic carbocycles. The summed E-state index contributed by atoms with van der Waals surface area (Å²) in [6.07, 6.45) is 0.990. The molecule has 5 nitrogen and oxygen atoms in total. The first kappa shape index (κ1) is 13.7. The van der Waals surface area contributed by atoms with Crippen LogP contribution in [-0.2, 0) is 23.0 Å². The van der Waals surface area contributed by atoms with Gasteiger partial charge in [0.2, 0.25) is 0 Å². The van der Waals surface area contributed by atoms with E-state index in [2.05, 4.69) is 0 Å². The van der Waals surface area contributed by atoms with Crippen LogP contribution in [0.3, 0.4) is 0 Å². The van der Waals surface area contributed by atoms with Gasteiger partial charge in [-0.1, -0.05) is 12.1 Å². The number of ether oxygens (including phenoxy) is 2. The van der Waals surface area contributed by atoms with E-state index in [1.807, 2.05) is 24.3 Å². The Morgan fingerprint density at radius 1 is 1.38 bits per heavy atom. The van der Waals surface area contributed by atoms with Gasteiger partial charge in [0.25, 0.3) is 11.3 Å². The topological polar surface area (TPSA) is 57.5 Å². The minimum Gasteiger partial charge on any atom is -0.451 e. The maximum Gasteiger partial charge on any atom is 0.305 e. The second kappa shape index (κ2) is 4.62. The first-order chi connectivity index (χ1) is 9.91. The van der Waals surface area contributed by atoms with Crippen molar-refractivity contribution in [2.45, 2.75) is 32.5 Å². The second-order valence-corrected chi connectivity index (χ2v) is 5.52. The highest BCUT2D eigenvalue weighted by Gasteiger charge is 2.37. The molecule has 2 aromatic rings. The first-order valence-electron chi connectivity index (χ1n) is 6.90. The summed E-state index contributed by atoms with van der Waals surface area (Å²) in [6, 6.07) is 7.56. The van der Waals surface area contributed by atoms with E-state index in [4.69, 9.17) is 9.47 Å². The SMILES string of the molecule is CC(=O)OC1(C)CCc2c(c3ccccc3n(C)c2=O)O1. The Hall–Kier alpha value is -2.30. The zero-order valence-corrected chi connectivity index (χ0v) is 12.3. The van der Waals surface area contributed by atoms with Crippen LogP contribution in [0.25, 0.3) is 10.9 Å². The average Bonchev–Trinajstić information content (AvgIpc) is 2.43. The lowest BCUT2D eigenvalue weighted by atomic mass is 9.99. The summed E-state index contributed by atoms with van der Waals surface area (Å²) in [6.45, 7) is 3.08. The summed E-state index contributed by atoms with van der Waals surface area (Å²) in [7, 11) is 1.75. The number of esters is 1. The fourth-order valence-electron chi connectivity index (χ4n) is 2.86. The van der Waals surface area contributed by atoms with Crippen LogP contribution in [-0.4, -0.2) is 16.3 Å². The molecule has 0 saturated heterocycles. The maximum absolute atomic E-state index is 12.4. The van der Waals surface area contributed by atoms with E-state index in [1.165, 1.54) is 6.92 Å². The van der Waals surface area contributed by atoms with E-state index >= 15 is 0 Å². The van der Waals surface area contributed by atoms with Crippen LogP contribution in [0.2, 0.25) is 0 Å². The molecule has 0 radical (unpaired) electrons. The second-order valence-electron chi connectivity index (χ2n) is 5.52. The number of nitrogens with zero attached hydrogens (tertiary/aromatic N) is 1. The van der Waals surface area contributed by atoms with E-state index in [-0.39, 0.29) is 5.56 Å². The predicted molar refractivity (Wildman–Crippen MR) is 78.3 cm³/mol. The Morgan fingerprint density at radius 2 is 2.10 bits per heavy atom. The van der Waals surface area contributed by atoms with Crippen molar-refractivity contribution in [1.29, 1.82) is 0 Å². The molecule has 0 N–H and O–H groups in total. The van der Waals surface area contributed by atoms with Crippen molar-refractivity contribution in [1.82, 2.24) is 4.57 Å². The van der Waals surface area contributed by atoms with E-state index < -0.39 is 11.8 Å². The third-order valence-electron chi connectivity index (χ3n) is 3.85. The number of aryl methyl sites for hydroxylation is 1. The molecule has 2 heterocycles. The van der Waals surface area contributed by atoms with Crippen molar-refractivity contribution >= 4 is 16.9 Å². The van der Waals surface area contributed by atoms with Gasteiger partial charge in [0.15, 0.2) is 0 Å². The minimum absolute atomic E-state index is 0.0615. The van der Waals surface area contributed by atoms with Gasteiger partial charge >= 0.3 is 5.97 Å². The van der Waals surface area contributed by atoms with E-state index in [1.54, 1.807) is 18.5 Å². The van der Waals surface area contributed by atoms with Gasteiger partial charge in [0.1, 0.15) is 5.75 Å². The van der Waals surface area contributed by atoms with Crippen molar-refractivity contribution in [3.63, 3.8) is 0 Å². The monoisotopic (exact) mass is 287 g/mol. The highest BCUT2D eigenvalue weighted by atomic mass is 16.7. The van der Waals surface area contributed by atoms with Gasteiger partial charge in [0, 0.05) is 32.7 Å². The zero-order valence-electron chi connectivity index (χ0n) is 12.3. The number of hydrogen-bond donors (Lipinski definition) is 0. The van der Waals surface area contributed by atoms with Gasteiger partial charge in [-0.2, -0.15) is 0 Å². The van der Waals surface area contributed by atoms with Crippen LogP contribution >= 0.6 is 0 Å². The maximum atomic E-state index is 12.4. The number of rotatable bonds is 1. The number of aromatic nitrogens is 1. The summed E-state index contributed by atoms with van der Waals surface area (Å²) < 4.78 is 12.8. The molecule has 5 heteroatoms. The number of benzene rings is 1. The zero-order chi connectivity index (χ0) is 15.2. The van der Waals surface area contributed by atoms with Gasteiger partial charge in [-0.05, 0) is 18.6 Å². The van der Waals surface area contributed by atoms with Crippen molar-refractivity contribution in [3.8, 4) is 5.75 Å². The molecule has 0 fully saturated rings. The normalized spacial score (nSPS) is 20.7. The highest BCUT2D eigenvalue weighted by molar-refractivity contribution is 5.87. The van der Waals surface area contributed by atoms with Gasteiger partial charge in [0.05, 0.1) is 11.1 Å². The summed E-state index contributed by atoms with van der Waals surface area (Å²) in [5.74, 6) is -0.883. The van der Waals surface area contributed by atoms with Crippen LogP contribution in [0, 0.1) is 0 Å². The largest absolute Gasteiger partial charge is 0.451 e. The molecule has 1 aromatic heterocycles. The van der Waals surface area contributed by atoms with Crippen LogP contribution in [0.15, 0.2) is 29.1 Å². The Kier molecular flexibility index (Phi) is 3.01. The molecule has 3 rings (SSSR count). The third kappa shape index (κ3) is 2.18. The summed E-state index contributed by atoms with van der Waals surface area (Å²) in [4.78, 5) is 23.7. The van der Waals surface area contributed by atoms with Gasteiger partial charge in [-0.3, -0.25) is 9.59 Å². The van der Waals surface area contributed by atoms with Crippen molar-refractivity contribution in [3.05, 3.63) is 40.2 Å². The molecule has 1 aliphatic heterocycles. The number of carbonyl (C=O) groups excluding carboxylic acids is 1. The summed E-state index contributed by atoms with van der Waals surface area (Å²) >= 11 is 0. The van der Waals surface area contributed by atoms with Gasteiger partial charge in [-0.15, -0.1) is 0 Å². The van der Waals surface area contributed by atoms with Crippen molar-refractivity contribution < 1.29 is 14.3 Å². The number of para-hydroxylation sites is 1. The predicted octanol–water partition coefficient (Wildman–Crippen LogP) is 2.14. The fraction of sp³-hybridized carbons (Fsp3) is 0.375. The van der Waals surface area contributed by atoms with Crippen LogP contribution in [0.1, 0.15) is 25.8 Å². The average molecular weight is 287 g/mol. The molecule has 0 spiro atoms. The van der Waals surface area contributed by atoms with Crippen molar-refractivity contribution in [2.75, 3.05) is 0 Å². The molecule has 1 aliphatic rings. The summed E-state index contributed by atoms with van der Waals surface area (Å²) in [5, 5.41) is 0.854. The van der Waals surface area contributed by atoms with Crippen LogP contribution in [0.4, 0.5) is 0 Å². The lowest BCUT2D eigenvalue weighted by Crippen LogP contribution is -2.42. The number of carbonyl (C=O) groups is 1. The molecular formula is C16H17NO4. The lowest BCUT2D eigenvalue weighted by Gasteiger charge is -2.35. The Balaban J connectivity index is 2.22.